The second kappa shape index (κ2) is 8.74. The maximum Gasteiger partial charge on any atom is 0.409 e. The fourth-order valence-electron chi connectivity index (χ4n) is 5.18. The summed E-state index contributed by atoms with van der Waals surface area (Å²) in [6, 6.07) is 10.4. The molecule has 3 fully saturated rings. The molecule has 158 valence electrons. The van der Waals surface area contributed by atoms with E-state index in [9.17, 15) is 9.59 Å². The summed E-state index contributed by atoms with van der Waals surface area (Å²) in [5.74, 6) is -0.0331. The molecule has 1 aromatic carbocycles. The summed E-state index contributed by atoms with van der Waals surface area (Å²) in [5, 5.41) is 0. The Morgan fingerprint density at radius 3 is 2.48 bits per heavy atom. The summed E-state index contributed by atoms with van der Waals surface area (Å²) in [4.78, 5) is 28.8. The standard InChI is InChI=1S/C23H32N2O4/c1-2-28-22(27)25-13-10-23(17-25)14-20(15-23)24-11-8-19(9-12-24)21(26)29-16-18-6-4-3-5-7-18/h3-7,19-20H,2,8-17H2,1H3/t20-,23+. The van der Waals surface area contributed by atoms with E-state index < -0.39 is 0 Å². The molecular formula is C23H32N2O4. The molecule has 0 bridgehead atoms. The fraction of sp³-hybridized carbons (Fsp3) is 0.652. The third-order valence-electron chi connectivity index (χ3n) is 6.90. The first kappa shape index (κ1) is 20.2. The summed E-state index contributed by atoms with van der Waals surface area (Å²) in [7, 11) is 0. The number of likely N-dealkylation sites (tertiary alicyclic amines) is 2. The van der Waals surface area contributed by atoms with Gasteiger partial charge in [0.1, 0.15) is 6.61 Å². The van der Waals surface area contributed by atoms with E-state index in [1.165, 1.54) is 0 Å². The summed E-state index contributed by atoms with van der Waals surface area (Å²) in [6.07, 6.45) is 5.00. The van der Waals surface area contributed by atoms with Crippen molar-refractivity contribution >= 4 is 12.1 Å². The van der Waals surface area contributed by atoms with Gasteiger partial charge in [0.2, 0.25) is 0 Å². The molecule has 0 aromatic heterocycles. The van der Waals surface area contributed by atoms with E-state index in [0.717, 1.165) is 63.8 Å². The van der Waals surface area contributed by atoms with Crippen LogP contribution in [-0.4, -0.2) is 60.7 Å². The number of benzene rings is 1. The first-order valence-corrected chi connectivity index (χ1v) is 10.9. The minimum Gasteiger partial charge on any atom is -0.461 e. The SMILES string of the molecule is CCOC(=O)N1CC[C@]2(C1)C[C@@H](N1CCC(C(=O)OCc3ccccc3)CC1)C2. The Morgan fingerprint density at radius 2 is 1.79 bits per heavy atom. The van der Waals surface area contributed by atoms with E-state index in [1.807, 2.05) is 42.2 Å². The molecule has 1 saturated carbocycles. The largest absolute Gasteiger partial charge is 0.461 e. The first-order chi connectivity index (χ1) is 14.1. The lowest BCUT2D eigenvalue weighted by atomic mass is 9.64. The molecule has 1 amide bonds. The third kappa shape index (κ3) is 4.58. The van der Waals surface area contributed by atoms with Crippen molar-refractivity contribution in [2.24, 2.45) is 11.3 Å². The maximum atomic E-state index is 12.4. The van der Waals surface area contributed by atoms with Crippen molar-refractivity contribution in [1.82, 2.24) is 9.80 Å². The van der Waals surface area contributed by atoms with E-state index in [2.05, 4.69) is 4.90 Å². The molecule has 1 aromatic rings. The number of hydrogen-bond acceptors (Lipinski definition) is 5. The van der Waals surface area contributed by atoms with E-state index >= 15 is 0 Å². The number of carbonyl (C=O) groups is 2. The molecule has 29 heavy (non-hydrogen) atoms. The highest BCUT2D eigenvalue weighted by molar-refractivity contribution is 5.72. The van der Waals surface area contributed by atoms with Crippen LogP contribution in [0.5, 0.6) is 0 Å². The van der Waals surface area contributed by atoms with Crippen molar-refractivity contribution in [3.8, 4) is 0 Å². The van der Waals surface area contributed by atoms with Crippen molar-refractivity contribution in [1.29, 1.82) is 0 Å². The highest BCUT2D eigenvalue weighted by atomic mass is 16.6. The van der Waals surface area contributed by atoms with Gasteiger partial charge in [0.25, 0.3) is 0 Å². The van der Waals surface area contributed by atoms with Crippen molar-refractivity contribution < 1.29 is 19.1 Å². The van der Waals surface area contributed by atoms with Crippen molar-refractivity contribution in [3.05, 3.63) is 35.9 Å². The third-order valence-corrected chi connectivity index (χ3v) is 6.90. The summed E-state index contributed by atoms with van der Waals surface area (Å²) >= 11 is 0. The number of piperidine rings is 1. The highest BCUT2D eigenvalue weighted by Gasteiger charge is 2.51. The highest BCUT2D eigenvalue weighted by Crippen LogP contribution is 2.50. The zero-order chi connectivity index (χ0) is 20.3. The van der Waals surface area contributed by atoms with Gasteiger partial charge in [-0.15, -0.1) is 0 Å². The molecule has 2 saturated heterocycles. The van der Waals surface area contributed by atoms with Crippen LogP contribution in [0.15, 0.2) is 30.3 Å². The van der Waals surface area contributed by atoms with Gasteiger partial charge in [-0.25, -0.2) is 4.79 Å². The average Bonchev–Trinajstić information content (AvgIpc) is 3.18. The molecule has 0 unspecified atom stereocenters. The van der Waals surface area contributed by atoms with Crippen LogP contribution < -0.4 is 0 Å². The number of rotatable bonds is 5. The fourth-order valence-corrected chi connectivity index (χ4v) is 5.18. The Morgan fingerprint density at radius 1 is 1.07 bits per heavy atom. The Hall–Kier alpha value is -2.08. The minimum absolute atomic E-state index is 0.0229. The van der Waals surface area contributed by atoms with Crippen LogP contribution in [0.3, 0.4) is 0 Å². The lowest BCUT2D eigenvalue weighted by Crippen LogP contribution is -2.54. The molecule has 6 heteroatoms. The zero-order valence-corrected chi connectivity index (χ0v) is 17.3. The number of hydrogen-bond donors (Lipinski definition) is 0. The van der Waals surface area contributed by atoms with Gasteiger partial charge < -0.3 is 19.3 Å². The van der Waals surface area contributed by atoms with E-state index in [-0.39, 0.29) is 18.0 Å². The van der Waals surface area contributed by atoms with Gasteiger partial charge in [-0.05, 0) is 63.1 Å². The van der Waals surface area contributed by atoms with Gasteiger partial charge in [0.05, 0.1) is 12.5 Å². The van der Waals surface area contributed by atoms with Crippen molar-refractivity contribution in [2.75, 3.05) is 32.8 Å². The molecule has 2 heterocycles. The summed E-state index contributed by atoms with van der Waals surface area (Å²) in [6.45, 7) is 6.24. The Bertz CT molecular complexity index is 709. The quantitative estimate of drug-likeness (QED) is 0.709. The van der Waals surface area contributed by atoms with Crippen LogP contribution in [0.2, 0.25) is 0 Å². The first-order valence-electron chi connectivity index (χ1n) is 10.9. The van der Waals surface area contributed by atoms with Crippen LogP contribution in [0.1, 0.15) is 44.6 Å². The number of carbonyl (C=O) groups excluding carboxylic acids is 2. The van der Waals surface area contributed by atoms with Crippen molar-refractivity contribution in [2.45, 2.75) is 51.7 Å². The van der Waals surface area contributed by atoms with Gasteiger partial charge in [0.15, 0.2) is 0 Å². The number of ether oxygens (including phenoxy) is 2. The van der Waals surface area contributed by atoms with Gasteiger partial charge in [0, 0.05) is 19.1 Å². The van der Waals surface area contributed by atoms with Crippen LogP contribution in [0.4, 0.5) is 4.79 Å². The molecule has 1 spiro atoms. The monoisotopic (exact) mass is 400 g/mol. The van der Waals surface area contributed by atoms with Crippen LogP contribution in [-0.2, 0) is 20.9 Å². The van der Waals surface area contributed by atoms with E-state index in [4.69, 9.17) is 9.47 Å². The molecule has 0 atom stereocenters. The molecule has 6 nitrogen and oxygen atoms in total. The smallest absolute Gasteiger partial charge is 0.409 e. The van der Waals surface area contributed by atoms with Gasteiger partial charge in [-0.1, -0.05) is 30.3 Å². The maximum absolute atomic E-state index is 12.4. The summed E-state index contributed by atoms with van der Waals surface area (Å²) in [5.41, 5.74) is 1.33. The molecule has 3 aliphatic rings. The van der Waals surface area contributed by atoms with E-state index in [1.54, 1.807) is 0 Å². The van der Waals surface area contributed by atoms with Gasteiger partial charge >= 0.3 is 12.1 Å². The lowest BCUT2D eigenvalue weighted by molar-refractivity contribution is -0.152. The van der Waals surface area contributed by atoms with Crippen LogP contribution >= 0.6 is 0 Å². The molecule has 1 aliphatic carbocycles. The molecular weight excluding hydrogens is 368 g/mol. The number of esters is 1. The van der Waals surface area contributed by atoms with Crippen LogP contribution in [0, 0.1) is 11.3 Å². The number of amides is 1. The second-order valence-corrected chi connectivity index (χ2v) is 8.84. The van der Waals surface area contributed by atoms with E-state index in [0.29, 0.717) is 24.7 Å². The summed E-state index contributed by atoms with van der Waals surface area (Å²) < 4.78 is 10.7. The predicted molar refractivity (Wildman–Crippen MR) is 109 cm³/mol. The second-order valence-electron chi connectivity index (χ2n) is 8.84. The molecule has 0 radical (unpaired) electrons. The Balaban J connectivity index is 1.17. The van der Waals surface area contributed by atoms with Crippen molar-refractivity contribution in [3.63, 3.8) is 0 Å². The normalized spacial score (nSPS) is 27.6. The van der Waals surface area contributed by atoms with Gasteiger partial charge in [-0.3, -0.25) is 4.79 Å². The van der Waals surface area contributed by atoms with Crippen LogP contribution in [0.25, 0.3) is 0 Å². The topological polar surface area (TPSA) is 59.1 Å². The minimum atomic E-state index is -0.164. The predicted octanol–water partition coefficient (Wildman–Crippen LogP) is 3.45. The molecule has 4 rings (SSSR count). The van der Waals surface area contributed by atoms with Gasteiger partial charge in [-0.2, -0.15) is 0 Å². The Kier molecular flexibility index (Phi) is 6.09. The Labute approximate surface area is 173 Å². The average molecular weight is 401 g/mol. The zero-order valence-electron chi connectivity index (χ0n) is 17.3. The molecule has 2 aliphatic heterocycles. The lowest BCUT2D eigenvalue weighted by Gasteiger charge is -2.51. The molecule has 0 N–H and O–H groups in total. The number of nitrogens with zero attached hydrogens (tertiary/aromatic N) is 2.